The van der Waals surface area contributed by atoms with Crippen molar-refractivity contribution in [3.63, 3.8) is 0 Å². The fraction of sp³-hybridized carbons (Fsp3) is 0.0667. The SMILES string of the molecule is O=C(NC(=S)Nc1ccc(I)cc1)c1ccc2c(c1)OCO2. The molecule has 0 atom stereocenters. The summed E-state index contributed by atoms with van der Waals surface area (Å²) >= 11 is 7.36. The Morgan fingerprint density at radius 3 is 2.59 bits per heavy atom. The molecule has 0 spiro atoms. The zero-order valence-corrected chi connectivity index (χ0v) is 14.2. The van der Waals surface area contributed by atoms with Crippen molar-refractivity contribution in [3.8, 4) is 11.5 Å². The molecule has 0 saturated heterocycles. The molecule has 112 valence electrons. The Balaban J connectivity index is 1.63. The highest BCUT2D eigenvalue weighted by Crippen LogP contribution is 2.32. The number of amides is 1. The fourth-order valence-electron chi connectivity index (χ4n) is 1.91. The zero-order valence-electron chi connectivity index (χ0n) is 11.3. The van der Waals surface area contributed by atoms with E-state index in [9.17, 15) is 4.79 Å². The topological polar surface area (TPSA) is 59.6 Å². The summed E-state index contributed by atoms with van der Waals surface area (Å²) in [5.74, 6) is 0.890. The second-order valence-corrected chi connectivity index (χ2v) is 6.14. The number of hydrogen-bond acceptors (Lipinski definition) is 4. The van der Waals surface area contributed by atoms with Crippen LogP contribution >= 0.6 is 34.8 Å². The number of ether oxygens (including phenoxy) is 2. The first-order valence-electron chi connectivity index (χ1n) is 6.39. The lowest BCUT2D eigenvalue weighted by Crippen LogP contribution is -2.34. The molecule has 0 unspecified atom stereocenters. The summed E-state index contributed by atoms with van der Waals surface area (Å²) < 4.78 is 11.6. The van der Waals surface area contributed by atoms with Crippen molar-refractivity contribution in [3.05, 3.63) is 51.6 Å². The predicted molar refractivity (Wildman–Crippen MR) is 95.4 cm³/mol. The zero-order chi connectivity index (χ0) is 15.5. The number of anilines is 1. The van der Waals surface area contributed by atoms with Gasteiger partial charge in [0.05, 0.1) is 0 Å². The molecular formula is C15H11IN2O3S. The van der Waals surface area contributed by atoms with Gasteiger partial charge in [-0.3, -0.25) is 10.1 Å². The predicted octanol–water partition coefficient (Wildman–Crippen LogP) is 3.15. The van der Waals surface area contributed by atoms with Crippen LogP contribution < -0.4 is 20.1 Å². The van der Waals surface area contributed by atoms with E-state index in [4.69, 9.17) is 21.7 Å². The third-order valence-electron chi connectivity index (χ3n) is 2.96. The van der Waals surface area contributed by atoms with Crippen LogP contribution in [0.2, 0.25) is 0 Å². The van der Waals surface area contributed by atoms with Gasteiger partial charge in [0.25, 0.3) is 5.91 Å². The van der Waals surface area contributed by atoms with Crippen LogP contribution in [0.3, 0.4) is 0 Å². The Morgan fingerprint density at radius 2 is 1.82 bits per heavy atom. The Bertz CT molecular complexity index is 734. The van der Waals surface area contributed by atoms with Crippen LogP contribution in [-0.2, 0) is 0 Å². The molecule has 1 aliphatic rings. The third-order valence-corrected chi connectivity index (χ3v) is 3.89. The van der Waals surface area contributed by atoms with Gasteiger partial charge in [-0.2, -0.15) is 0 Å². The molecule has 1 aliphatic heterocycles. The Morgan fingerprint density at radius 1 is 1.09 bits per heavy atom. The fourth-order valence-corrected chi connectivity index (χ4v) is 2.48. The second-order valence-electron chi connectivity index (χ2n) is 4.48. The monoisotopic (exact) mass is 426 g/mol. The lowest BCUT2D eigenvalue weighted by atomic mass is 10.2. The highest BCUT2D eigenvalue weighted by atomic mass is 127. The maximum Gasteiger partial charge on any atom is 0.257 e. The molecule has 1 amide bonds. The van der Waals surface area contributed by atoms with Gasteiger partial charge in [-0.25, -0.2) is 0 Å². The molecular weight excluding hydrogens is 415 g/mol. The second kappa shape index (κ2) is 6.49. The van der Waals surface area contributed by atoms with Crippen molar-refractivity contribution < 1.29 is 14.3 Å². The highest BCUT2D eigenvalue weighted by molar-refractivity contribution is 14.1. The summed E-state index contributed by atoms with van der Waals surface area (Å²) in [5, 5.41) is 5.84. The number of benzene rings is 2. The first-order chi connectivity index (χ1) is 10.6. The molecule has 1 heterocycles. The van der Waals surface area contributed by atoms with Gasteiger partial charge in [0.2, 0.25) is 6.79 Å². The van der Waals surface area contributed by atoms with Crippen molar-refractivity contribution >= 4 is 51.5 Å². The van der Waals surface area contributed by atoms with E-state index in [2.05, 4.69) is 33.2 Å². The Kier molecular flexibility index (Phi) is 4.44. The minimum Gasteiger partial charge on any atom is -0.454 e. The average Bonchev–Trinajstić information content (AvgIpc) is 2.97. The van der Waals surface area contributed by atoms with E-state index < -0.39 is 0 Å². The van der Waals surface area contributed by atoms with Crippen molar-refractivity contribution in [1.82, 2.24) is 5.32 Å². The van der Waals surface area contributed by atoms with Crippen LogP contribution in [0.1, 0.15) is 10.4 Å². The number of carbonyl (C=O) groups excluding carboxylic acids is 1. The smallest absolute Gasteiger partial charge is 0.257 e. The van der Waals surface area contributed by atoms with Crippen molar-refractivity contribution in [2.75, 3.05) is 12.1 Å². The number of fused-ring (bicyclic) bond motifs is 1. The van der Waals surface area contributed by atoms with E-state index in [1.54, 1.807) is 18.2 Å². The lowest BCUT2D eigenvalue weighted by molar-refractivity contribution is 0.0977. The third kappa shape index (κ3) is 3.47. The molecule has 3 rings (SSSR count). The molecule has 2 N–H and O–H groups in total. The number of nitrogens with one attached hydrogen (secondary N) is 2. The average molecular weight is 426 g/mol. The molecule has 0 fully saturated rings. The molecule has 5 nitrogen and oxygen atoms in total. The maximum absolute atomic E-state index is 12.2. The van der Waals surface area contributed by atoms with E-state index in [0.717, 1.165) is 9.26 Å². The summed E-state index contributed by atoms with van der Waals surface area (Å²) in [7, 11) is 0. The normalized spacial score (nSPS) is 11.9. The van der Waals surface area contributed by atoms with Crippen LogP contribution in [0.4, 0.5) is 5.69 Å². The lowest BCUT2D eigenvalue weighted by Gasteiger charge is -2.10. The van der Waals surface area contributed by atoms with Gasteiger partial charge >= 0.3 is 0 Å². The van der Waals surface area contributed by atoms with Crippen LogP contribution in [0, 0.1) is 3.57 Å². The minimum atomic E-state index is -0.304. The molecule has 0 saturated carbocycles. The van der Waals surface area contributed by atoms with Crippen molar-refractivity contribution in [1.29, 1.82) is 0 Å². The van der Waals surface area contributed by atoms with Crippen LogP contribution in [0.5, 0.6) is 11.5 Å². The van der Waals surface area contributed by atoms with Crippen LogP contribution in [-0.4, -0.2) is 17.8 Å². The van der Waals surface area contributed by atoms with E-state index >= 15 is 0 Å². The number of halogens is 1. The Labute approximate surface area is 146 Å². The molecule has 0 aromatic heterocycles. The minimum absolute atomic E-state index is 0.174. The Hall–Kier alpha value is -1.87. The van der Waals surface area contributed by atoms with Crippen molar-refractivity contribution in [2.45, 2.75) is 0 Å². The summed E-state index contributed by atoms with van der Waals surface area (Å²) in [6.07, 6.45) is 0. The van der Waals surface area contributed by atoms with Crippen LogP contribution in [0.15, 0.2) is 42.5 Å². The molecule has 22 heavy (non-hydrogen) atoms. The summed E-state index contributed by atoms with van der Waals surface area (Å²) in [5.41, 5.74) is 1.27. The largest absolute Gasteiger partial charge is 0.454 e. The van der Waals surface area contributed by atoms with E-state index in [0.29, 0.717) is 17.1 Å². The number of thiocarbonyl (C=S) groups is 1. The maximum atomic E-state index is 12.2. The van der Waals surface area contributed by atoms with E-state index in [-0.39, 0.29) is 17.8 Å². The van der Waals surface area contributed by atoms with Gasteiger partial charge in [-0.1, -0.05) is 0 Å². The van der Waals surface area contributed by atoms with Crippen molar-refractivity contribution in [2.24, 2.45) is 0 Å². The summed E-state index contributed by atoms with van der Waals surface area (Å²) in [4.78, 5) is 12.2. The molecule has 0 bridgehead atoms. The van der Waals surface area contributed by atoms with E-state index in [1.165, 1.54) is 0 Å². The molecule has 0 aliphatic carbocycles. The quantitative estimate of drug-likeness (QED) is 0.571. The molecule has 2 aromatic rings. The van der Waals surface area contributed by atoms with Gasteiger partial charge < -0.3 is 14.8 Å². The first-order valence-corrected chi connectivity index (χ1v) is 7.88. The number of hydrogen-bond donors (Lipinski definition) is 2. The highest BCUT2D eigenvalue weighted by Gasteiger charge is 2.16. The van der Waals surface area contributed by atoms with Gasteiger partial charge in [-0.05, 0) is 77.3 Å². The molecule has 7 heteroatoms. The van der Waals surface area contributed by atoms with Gasteiger partial charge in [0, 0.05) is 14.8 Å². The first kappa shape index (κ1) is 15.0. The standard InChI is InChI=1S/C15H11IN2O3S/c16-10-2-4-11(5-3-10)17-15(22)18-14(19)9-1-6-12-13(7-9)21-8-20-12/h1-7H,8H2,(H2,17,18,19,22). The van der Waals surface area contributed by atoms with Gasteiger partial charge in [0.1, 0.15) is 0 Å². The molecule has 2 aromatic carbocycles. The summed E-state index contributed by atoms with van der Waals surface area (Å²) in [6.45, 7) is 0.174. The van der Waals surface area contributed by atoms with Gasteiger partial charge in [-0.15, -0.1) is 0 Å². The summed E-state index contributed by atoms with van der Waals surface area (Å²) in [6, 6.07) is 12.7. The van der Waals surface area contributed by atoms with E-state index in [1.807, 2.05) is 24.3 Å². The number of rotatable bonds is 2. The van der Waals surface area contributed by atoms with Gasteiger partial charge in [0.15, 0.2) is 16.6 Å². The molecule has 0 radical (unpaired) electrons. The number of carbonyl (C=O) groups is 1. The van der Waals surface area contributed by atoms with Crippen LogP contribution in [0.25, 0.3) is 0 Å².